The van der Waals surface area contributed by atoms with Gasteiger partial charge >= 0.3 is 5.97 Å². The Morgan fingerprint density at radius 3 is 2.47 bits per heavy atom. The molecule has 0 bridgehead atoms. The van der Waals surface area contributed by atoms with Crippen molar-refractivity contribution in [1.82, 2.24) is 0 Å². The maximum absolute atomic E-state index is 11.6. The van der Waals surface area contributed by atoms with E-state index in [1.165, 1.54) is 7.11 Å². The van der Waals surface area contributed by atoms with E-state index in [0.29, 0.717) is 11.4 Å². The Bertz CT molecular complexity index is 482. The first-order chi connectivity index (χ1) is 7.93. The molecular formula is C10H14N2O4S. The number of carbonyl (C=O) groups is 1. The molecule has 0 aliphatic rings. The number of rotatable bonds is 5. The molecule has 0 fully saturated rings. The second-order valence-electron chi connectivity index (χ2n) is 3.37. The third-order valence-electron chi connectivity index (χ3n) is 1.99. The van der Waals surface area contributed by atoms with E-state index in [2.05, 4.69) is 9.46 Å². The molecule has 0 amide bonds. The van der Waals surface area contributed by atoms with Crippen LogP contribution in [0.15, 0.2) is 24.3 Å². The van der Waals surface area contributed by atoms with Crippen LogP contribution in [-0.2, 0) is 19.6 Å². The molecule has 0 aliphatic heterocycles. The molecule has 7 heteroatoms. The summed E-state index contributed by atoms with van der Waals surface area (Å²) in [5, 5.41) is 0. The Labute approximate surface area is 99.8 Å². The van der Waals surface area contributed by atoms with E-state index in [4.69, 9.17) is 5.73 Å². The van der Waals surface area contributed by atoms with Gasteiger partial charge in [0.1, 0.15) is 0 Å². The number of methoxy groups -OCH3 is 1. The SMILES string of the molecule is COC(=O)CCS(=O)(=O)Nc1ccc(N)cc1. The Hall–Kier alpha value is -1.76. The maximum atomic E-state index is 11.6. The zero-order chi connectivity index (χ0) is 12.9. The Morgan fingerprint density at radius 1 is 1.35 bits per heavy atom. The van der Waals surface area contributed by atoms with Gasteiger partial charge in [0.15, 0.2) is 0 Å². The highest BCUT2D eigenvalue weighted by atomic mass is 32.2. The number of hydrogen-bond acceptors (Lipinski definition) is 5. The van der Waals surface area contributed by atoms with Crippen LogP contribution in [0, 0.1) is 0 Å². The molecule has 17 heavy (non-hydrogen) atoms. The van der Waals surface area contributed by atoms with E-state index in [-0.39, 0.29) is 12.2 Å². The van der Waals surface area contributed by atoms with Gasteiger partial charge in [-0.15, -0.1) is 0 Å². The molecule has 3 N–H and O–H groups in total. The summed E-state index contributed by atoms with van der Waals surface area (Å²) < 4.78 is 29.8. The highest BCUT2D eigenvalue weighted by Gasteiger charge is 2.13. The lowest BCUT2D eigenvalue weighted by atomic mass is 10.3. The predicted molar refractivity (Wildman–Crippen MR) is 64.9 cm³/mol. The number of esters is 1. The minimum atomic E-state index is -3.54. The summed E-state index contributed by atoms with van der Waals surface area (Å²) in [6, 6.07) is 6.26. The summed E-state index contributed by atoms with van der Waals surface area (Å²) in [4.78, 5) is 10.8. The number of nitrogens with one attached hydrogen (secondary N) is 1. The lowest BCUT2D eigenvalue weighted by Crippen LogP contribution is -2.19. The number of anilines is 2. The van der Waals surface area contributed by atoms with Crippen molar-refractivity contribution in [2.45, 2.75) is 6.42 Å². The summed E-state index contributed by atoms with van der Waals surface area (Å²) in [7, 11) is -2.33. The molecule has 0 saturated heterocycles. The first-order valence-corrected chi connectivity index (χ1v) is 6.51. The fourth-order valence-corrected chi connectivity index (χ4v) is 2.13. The van der Waals surface area contributed by atoms with Gasteiger partial charge in [0.05, 0.1) is 19.3 Å². The average molecular weight is 258 g/mol. The summed E-state index contributed by atoms with van der Waals surface area (Å²) in [6.07, 6.45) is -0.180. The minimum Gasteiger partial charge on any atom is -0.469 e. The van der Waals surface area contributed by atoms with Gasteiger partial charge in [-0.2, -0.15) is 0 Å². The van der Waals surface area contributed by atoms with Gasteiger partial charge in [-0.3, -0.25) is 9.52 Å². The quantitative estimate of drug-likeness (QED) is 0.594. The van der Waals surface area contributed by atoms with Crippen LogP contribution in [0.2, 0.25) is 0 Å². The molecule has 0 aliphatic carbocycles. The van der Waals surface area contributed by atoms with Crippen molar-refractivity contribution in [2.24, 2.45) is 0 Å². The van der Waals surface area contributed by atoms with Crippen LogP contribution in [0.5, 0.6) is 0 Å². The van der Waals surface area contributed by atoms with Gasteiger partial charge in [0, 0.05) is 11.4 Å². The van der Waals surface area contributed by atoms with Crippen molar-refractivity contribution in [3.63, 3.8) is 0 Å². The second-order valence-corrected chi connectivity index (χ2v) is 5.21. The van der Waals surface area contributed by atoms with Gasteiger partial charge in [0.25, 0.3) is 0 Å². The summed E-state index contributed by atoms with van der Waals surface area (Å²) in [5.41, 5.74) is 6.42. The lowest BCUT2D eigenvalue weighted by Gasteiger charge is -2.07. The van der Waals surface area contributed by atoms with Gasteiger partial charge in [-0.05, 0) is 24.3 Å². The zero-order valence-corrected chi connectivity index (χ0v) is 10.2. The van der Waals surface area contributed by atoms with E-state index in [0.717, 1.165) is 0 Å². The summed E-state index contributed by atoms with van der Waals surface area (Å²) in [5.74, 6) is -0.878. The smallest absolute Gasteiger partial charge is 0.306 e. The fraction of sp³-hybridized carbons (Fsp3) is 0.300. The molecule has 0 heterocycles. The lowest BCUT2D eigenvalue weighted by molar-refractivity contribution is -0.140. The number of carbonyl (C=O) groups excluding carboxylic acids is 1. The van der Waals surface area contributed by atoms with Crippen LogP contribution in [-0.4, -0.2) is 27.2 Å². The molecule has 0 atom stereocenters. The Morgan fingerprint density at radius 2 is 1.94 bits per heavy atom. The molecule has 0 spiro atoms. The molecule has 0 saturated carbocycles. The molecule has 0 aromatic heterocycles. The molecule has 94 valence electrons. The molecule has 6 nitrogen and oxygen atoms in total. The number of nitrogens with two attached hydrogens (primary N) is 1. The molecular weight excluding hydrogens is 244 g/mol. The van der Waals surface area contributed by atoms with Crippen molar-refractivity contribution in [2.75, 3.05) is 23.3 Å². The molecule has 0 unspecified atom stereocenters. The van der Waals surface area contributed by atoms with Crippen LogP contribution in [0.4, 0.5) is 11.4 Å². The van der Waals surface area contributed by atoms with Crippen LogP contribution >= 0.6 is 0 Å². The first-order valence-electron chi connectivity index (χ1n) is 4.86. The van der Waals surface area contributed by atoms with Crippen LogP contribution in [0.3, 0.4) is 0 Å². The number of hydrogen-bond donors (Lipinski definition) is 2. The molecule has 1 aromatic rings. The average Bonchev–Trinajstić information content (AvgIpc) is 2.29. The summed E-state index contributed by atoms with van der Waals surface area (Å²) >= 11 is 0. The highest BCUT2D eigenvalue weighted by molar-refractivity contribution is 7.92. The van der Waals surface area contributed by atoms with Crippen molar-refractivity contribution < 1.29 is 17.9 Å². The maximum Gasteiger partial charge on any atom is 0.306 e. The predicted octanol–water partition coefficient (Wildman–Crippen LogP) is 0.574. The number of benzene rings is 1. The van der Waals surface area contributed by atoms with Crippen molar-refractivity contribution in [1.29, 1.82) is 0 Å². The van der Waals surface area contributed by atoms with E-state index in [1.54, 1.807) is 24.3 Å². The summed E-state index contributed by atoms with van der Waals surface area (Å²) in [6.45, 7) is 0. The zero-order valence-electron chi connectivity index (χ0n) is 9.34. The number of sulfonamides is 1. The second kappa shape index (κ2) is 5.53. The topological polar surface area (TPSA) is 98.5 Å². The number of nitrogen functional groups attached to an aromatic ring is 1. The van der Waals surface area contributed by atoms with Crippen molar-refractivity contribution in [3.05, 3.63) is 24.3 Å². The van der Waals surface area contributed by atoms with Gasteiger partial charge in [0.2, 0.25) is 10.0 Å². The molecule has 1 aromatic carbocycles. The molecule has 0 radical (unpaired) electrons. The van der Waals surface area contributed by atoms with Crippen molar-refractivity contribution >= 4 is 27.4 Å². The van der Waals surface area contributed by atoms with Crippen LogP contribution in [0.1, 0.15) is 6.42 Å². The Balaban J connectivity index is 2.60. The standard InChI is InChI=1S/C10H14N2O4S/c1-16-10(13)6-7-17(14,15)12-9-4-2-8(11)3-5-9/h2-5,12H,6-7,11H2,1H3. The first kappa shape index (κ1) is 13.3. The number of ether oxygens (including phenoxy) is 1. The van der Waals surface area contributed by atoms with Crippen LogP contribution < -0.4 is 10.5 Å². The Kier molecular flexibility index (Phi) is 4.33. The van der Waals surface area contributed by atoms with Gasteiger partial charge in [-0.25, -0.2) is 8.42 Å². The van der Waals surface area contributed by atoms with Crippen molar-refractivity contribution in [3.8, 4) is 0 Å². The van der Waals surface area contributed by atoms with Gasteiger partial charge < -0.3 is 10.5 Å². The molecule has 1 rings (SSSR count). The highest BCUT2D eigenvalue weighted by Crippen LogP contribution is 2.12. The largest absolute Gasteiger partial charge is 0.469 e. The van der Waals surface area contributed by atoms with Crippen LogP contribution in [0.25, 0.3) is 0 Å². The third-order valence-corrected chi connectivity index (χ3v) is 3.27. The van der Waals surface area contributed by atoms with E-state index >= 15 is 0 Å². The minimum absolute atomic E-state index is 0.180. The van der Waals surface area contributed by atoms with E-state index in [1.807, 2.05) is 0 Å². The van der Waals surface area contributed by atoms with Gasteiger partial charge in [-0.1, -0.05) is 0 Å². The monoisotopic (exact) mass is 258 g/mol. The fourth-order valence-electron chi connectivity index (χ4n) is 1.10. The van der Waals surface area contributed by atoms with E-state index in [9.17, 15) is 13.2 Å². The third kappa shape index (κ3) is 4.73. The normalized spacial score (nSPS) is 10.9. The van der Waals surface area contributed by atoms with E-state index < -0.39 is 16.0 Å².